The monoisotopic (exact) mass is 1300 g/mol. The number of aromatic nitrogens is 2. The van der Waals surface area contributed by atoms with Crippen molar-refractivity contribution in [3.05, 3.63) is 168 Å². The third-order valence-electron chi connectivity index (χ3n) is 15.9. The lowest BCUT2D eigenvalue weighted by Crippen LogP contribution is -2.62. The lowest BCUT2D eigenvalue weighted by molar-refractivity contribution is -0.141. The third-order valence-corrected chi connectivity index (χ3v) is 15.9. The van der Waals surface area contributed by atoms with E-state index in [9.17, 15) is 63.6 Å². The zero-order valence-corrected chi connectivity index (χ0v) is 54.1. The predicted octanol–water partition coefficient (Wildman–Crippen LogP) is 3.19. The summed E-state index contributed by atoms with van der Waals surface area (Å²) in [6.45, 7) is 10.9. The van der Waals surface area contributed by atoms with Crippen molar-refractivity contribution >= 4 is 80.8 Å². The summed E-state index contributed by atoms with van der Waals surface area (Å²) in [5, 5.41) is 66.4. The molecule has 504 valence electrons. The van der Waals surface area contributed by atoms with Gasteiger partial charge in [0, 0.05) is 71.3 Å². The minimum atomic E-state index is -1.93. The molecule has 0 aliphatic rings. The van der Waals surface area contributed by atoms with Crippen molar-refractivity contribution < 1.29 is 68.4 Å². The molecule has 15 N–H and O–H groups in total. The van der Waals surface area contributed by atoms with Crippen molar-refractivity contribution in [2.24, 2.45) is 11.3 Å². The number of phenolic OH excluding ortho intramolecular Hbond substituents is 2. The molecule has 0 aliphatic carbocycles. The van der Waals surface area contributed by atoms with Gasteiger partial charge in [-0.3, -0.25) is 47.9 Å². The van der Waals surface area contributed by atoms with Gasteiger partial charge in [-0.1, -0.05) is 139 Å². The van der Waals surface area contributed by atoms with Crippen LogP contribution in [0.1, 0.15) is 82.7 Å². The molecule has 0 spiro atoms. The first kappa shape index (κ1) is 72.0. The molecule has 95 heavy (non-hydrogen) atoms. The molecule has 0 saturated carbocycles. The Morgan fingerprint density at radius 2 is 0.811 bits per heavy atom. The van der Waals surface area contributed by atoms with Crippen molar-refractivity contribution in [2.45, 2.75) is 141 Å². The lowest BCUT2D eigenvalue weighted by atomic mass is 9.84. The van der Waals surface area contributed by atoms with E-state index >= 15 is 4.79 Å². The van der Waals surface area contributed by atoms with Crippen LogP contribution < -0.4 is 47.9 Å². The molecule has 8 atom stereocenters. The third kappa shape index (κ3) is 21.1. The molecule has 25 heteroatoms. The second-order valence-corrected chi connectivity index (χ2v) is 25.2. The number of nitrogens with one attached hydrogen (secondary N) is 11. The Morgan fingerprint density at radius 3 is 1.24 bits per heavy atom. The number of phenols is 2. The number of hydrogen-bond donors (Lipinski definition) is 15. The van der Waals surface area contributed by atoms with E-state index in [0.717, 1.165) is 16.5 Å². The van der Waals surface area contributed by atoms with E-state index in [1.54, 1.807) is 85.1 Å². The minimum absolute atomic E-state index is 0.0832. The fourth-order valence-corrected chi connectivity index (χ4v) is 10.7. The maximum Gasteiger partial charge on any atom is 0.305 e. The van der Waals surface area contributed by atoms with Crippen molar-refractivity contribution in [3.8, 4) is 11.5 Å². The van der Waals surface area contributed by atoms with E-state index in [1.807, 2.05) is 54.6 Å². The normalized spacial score (nSPS) is 14.0. The Balaban J connectivity index is 1.17. The van der Waals surface area contributed by atoms with Crippen LogP contribution in [0.15, 0.2) is 140 Å². The highest BCUT2D eigenvalue weighted by molar-refractivity contribution is 6.00. The van der Waals surface area contributed by atoms with E-state index in [2.05, 4.69) is 57.8 Å². The van der Waals surface area contributed by atoms with Crippen LogP contribution >= 0.6 is 0 Å². The molecule has 0 bridgehead atoms. The number of fused-ring (bicyclic) bond motifs is 2. The van der Waals surface area contributed by atoms with Gasteiger partial charge >= 0.3 is 5.97 Å². The second kappa shape index (κ2) is 33.4. The fraction of sp³-hybridized carbons (Fsp3) is 0.371. The number of rotatable bonds is 33. The molecule has 0 fully saturated rings. The zero-order valence-electron chi connectivity index (χ0n) is 54.1. The van der Waals surface area contributed by atoms with Gasteiger partial charge in [0.05, 0.1) is 25.6 Å². The summed E-state index contributed by atoms with van der Waals surface area (Å²) in [5.74, 6) is -10.1. The van der Waals surface area contributed by atoms with Gasteiger partial charge in [-0.15, -0.1) is 0 Å². The molecule has 0 saturated heterocycles. The number of carboxylic acids is 1. The maximum atomic E-state index is 15.1. The van der Waals surface area contributed by atoms with Crippen LogP contribution in [0.3, 0.4) is 0 Å². The summed E-state index contributed by atoms with van der Waals surface area (Å²) in [6.07, 6.45) is 1.50. The number of aliphatic hydroxyl groups excluding tert-OH is 1. The summed E-state index contributed by atoms with van der Waals surface area (Å²) in [7, 11) is 0. The van der Waals surface area contributed by atoms with Gasteiger partial charge in [0.1, 0.15) is 53.8 Å². The first-order valence-corrected chi connectivity index (χ1v) is 31.4. The topological polar surface area (TPSA) is 391 Å². The number of carbonyl (C=O) groups is 10. The summed E-state index contributed by atoms with van der Waals surface area (Å²) in [5.41, 5.74) is 3.26. The van der Waals surface area contributed by atoms with E-state index in [-0.39, 0.29) is 62.0 Å². The fourth-order valence-electron chi connectivity index (χ4n) is 10.7. The highest BCUT2D eigenvalue weighted by atomic mass is 16.4. The molecular weight excluding hydrogens is 1220 g/mol. The van der Waals surface area contributed by atoms with E-state index in [1.165, 1.54) is 48.5 Å². The molecule has 2 aromatic heterocycles. The summed E-state index contributed by atoms with van der Waals surface area (Å²) >= 11 is 0. The smallest absolute Gasteiger partial charge is 0.305 e. The molecule has 0 aliphatic heterocycles. The number of hydrogen-bond acceptors (Lipinski definition) is 14. The highest BCUT2D eigenvalue weighted by Gasteiger charge is 2.38. The number of Topliss-reactive ketones (excluding diaryl/α,β-unsaturated/α-hetero) is 1. The van der Waals surface area contributed by atoms with Crippen molar-refractivity contribution in [2.75, 3.05) is 13.2 Å². The first-order chi connectivity index (χ1) is 45.1. The van der Waals surface area contributed by atoms with Gasteiger partial charge in [0.2, 0.25) is 47.3 Å². The van der Waals surface area contributed by atoms with Gasteiger partial charge in [-0.25, -0.2) is 0 Å². The Bertz CT molecular complexity index is 3820. The maximum absolute atomic E-state index is 15.1. The minimum Gasteiger partial charge on any atom is -0.508 e. The van der Waals surface area contributed by atoms with E-state index < -0.39 is 126 Å². The second-order valence-electron chi connectivity index (χ2n) is 25.2. The van der Waals surface area contributed by atoms with Gasteiger partial charge in [0.15, 0.2) is 5.78 Å². The molecular formula is C70H85N11O14. The number of benzene rings is 5. The van der Waals surface area contributed by atoms with Crippen molar-refractivity contribution in [1.82, 2.24) is 57.8 Å². The number of carbonyl (C=O) groups excluding carboxylic acids is 9. The number of aromatic hydroxyl groups is 2. The molecule has 0 radical (unpaired) electrons. The Morgan fingerprint density at radius 1 is 0.432 bits per heavy atom. The zero-order chi connectivity index (χ0) is 69.1. The number of aliphatic carboxylic acids is 1. The highest BCUT2D eigenvalue weighted by Crippen LogP contribution is 2.24. The quantitative estimate of drug-likeness (QED) is 0.0281. The summed E-state index contributed by atoms with van der Waals surface area (Å²) in [4.78, 5) is 149. The van der Waals surface area contributed by atoms with Gasteiger partial charge in [-0.05, 0) is 76.6 Å². The van der Waals surface area contributed by atoms with Crippen molar-refractivity contribution in [3.63, 3.8) is 0 Å². The summed E-state index contributed by atoms with van der Waals surface area (Å²) in [6, 6.07) is 22.6. The predicted molar refractivity (Wildman–Crippen MR) is 355 cm³/mol. The Kier molecular flexibility index (Phi) is 25.4. The van der Waals surface area contributed by atoms with Crippen LogP contribution in [0.25, 0.3) is 21.8 Å². The molecule has 25 nitrogen and oxygen atoms in total. The molecule has 0 unspecified atom stereocenters. The molecule has 5 aromatic carbocycles. The number of aliphatic hydroxyl groups is 1. The molecule has 7 rings (SSSR count). The largest absolute Gasteiger partial charge is 0.508 e. The molecule has 8 amide bonds. The van der Waals surface area contributed by atoms with Gasteiger partial charge < -0.3 is 78.2 Å². The molecule has 7 aromatic rings. The van der Waals surface area contributed by atoms with Crippen LogP contribution in [0, 0.1) is 11.3 Å². The standard InChI is InChI=1S/C70H85N11O14/c1-39(2)61(69(95)80-56(33-45-36-73-51-20-14-12-18-49(45)51)65(91)75-52(62(88)70(5,6)7)29-41-15-9-8-10-16-41)81-67(93)57(34-60(86)87)79-64(90)53(30-42-21-25-46(83)26-22-42)76-66(92)55(32-44-35-72-50-19-13-11-17-48(44)50)78-63(89)54(31-43-23-27-47(84)28-24-43)77-68(94)58(38-82)74-59(85)37-71-40(3)4/h8-28,35-36,39-40,52-58,61,71-73,82-84H,29-34,37-38H2,1-7H3,(H,74,85)(H,75,91)(H,76,92)(H,77,94)(H,78,89)(H,79,90)(H,80,95)(H,81,93)(H,86,87)/t52-,53-,54-,55-,56-,57-,58-,61-/m0/s1. The van der Waals surface area contributed by atoms with Crippen LogP contribution in [-0.2, 0) is 80.0 Å². The van der Waals surface area contributed by atoms with E-state index in [0.29, 0.717) is 33.2 Å². The number of carboxylic acid groups (broad SMARTS) is 1. The van der Waals surface area contributed by atoms with E-state index in [4.69, 9.17) is 0 Å². The number of amides is 8. The SMILES string of the molecule is CC(C)NCC(=O)N[C@@H](CO)C(=O)N[C@@H](Cc1ccc(O)cc1)C(=O)N[C@@H](Cc1c[nH]c2ccccc12)C(=O)N[C@@H](Cc1ccc(O)cc1)C(=O)N[C@@H](CC(=O)O)C(=O)N[C@H](C(=O)N[C@@H](Cc1c[nH]c2ccccc12)C(=O)N[C@@H](Cc1ccccc1)C(=O)C(C)(C)C)C(C)C. The number of ketones is 1. The average molecular weight is 1300 g/mol. The summed E-state index contributed by atoms with van der Waals surface area (Å²) < 4.78 is 0. The number of para-hydroxylation sites is 2. The van der Waals surface area contributed by atoms with Gasteiger partial charge in [-0.2, -0.15) is 0 Å². The van der Waals surface area contributed by atoms with Crippen LogP contribution in [0.4, 0.5) is 0 Å². The Labute approximate surface area is 549 Å². The van der Waals surface area contributed by atoms with Crippen LogP contribution in [-0.4, -0.2) is 157 Å². The first-order valence-electron chi connectivity index (χ1n) is 31.4. The van der Waals surface area contributed by atoms with Crippen LogP contribution in [0.2, 0.25) is 0 Å². The lowest BCUT2D eigenvalue weighted by Gasteiger charge is -2.30. The average Bonchev–Trinajstić information content (AvgIpc) is 1.53. The Hall–Kier alpha value is -10.4. The van der Waals surface area contributed by atoms with Gasteiger partial charge in [0.25, 0.3) is 0 Å². The van der Waals surface area contributed by atoms with Crippen molar-refractivity contribution in [1.29, 1.82) is 0 Å². The number of aromatic amines is 2. The molecule has 2 heterocycles. The van der Waals surface area contributed by atoms with Crippen LogP contribution in [0.5, 0.6) is 11.5 Å². The number of H-pyrrole nitrogens is 2.